The molecule has 0 amide bonds. The number of nitrogens with zero attached hydrogens (tertiary/aromatic N) is 1. The second-order valence-electron chi connectivity index (χ2n) is 5.36. The lowest BCUT2D eigenvalue weighted by Crippen LogP contribution is -2.42. The number of benzene rings is 1. The predicted molar refractivity (Wildman–Crippen MR) is 77.8 cm³/mol. The summed E-state index contributed by atoms with van der Waals surface area (Å²) in [7, 11) is 3.71. The van der Waals surface area contributed by atoms with Gasteiger partial charge in [0.1, 0.15) is 5.75 Å². The number of carbonyl (C=O) groups is 1. The molecule has 0 aliphatic carbocycles. The maximum atomic E-state index is 11.9. The zero-order valence-electron chi connectivity index (χ0n) is 12.7. The van der Waals surface area contributed by atoms with Gasteiger partial charge < -0.3 is 9.47 Å². The zero-order chi connectivity index (χ0) is 14.8. The van der Waals surface area contributed by atoms with Crippen molar-refractivity contribution in [2.24, 2.45) is 0 Å². The molecule has 0 radical (unpaired) electrons. The van der Waals surface area contributed by atoms with Crippen molar-refractivity contribution >= 4 is 5.97 Å². The van der Waals surface area contributed by atoms with E-state index in [1.165, 1.54) is 0 Å². The van der Waals surface area contributed by atoms with E-state index in [4.69, 9.17) is 9.47 Å². The number of esters is 1. The van der Waals surface area contributed by atoms with Crippen molar-refractivity contribution in [2.75, 3.05) is 20.7 Å². The summed E-state index contributed by atoms with van der Waals surface area (Å²) in [4.78, 5) is 14.1. The number of carbonyl (C=O) groups excluding carboxylic acids is 1. The lowest BCUT2D eigenvalue weighted by atomic mass is 9.86. The molecule has 110 valence electrons. The molecule has 4 nitrogen and oxygen atoms in total. The van der Waals surface area contributed by atoms with Crippen LogP contribution in [-0.4, -0.2) is 37.6 Å². The third kappa shape index (κ3) is 2.52. The van der Waals surface area contributed by atoms with Gasteiger partial charge in [0, 0.05) is 24.9 Å². The van der Waals surface area contributed by atoms with Crippen LogP contribution in [0.15, 0.2) is 24.3 Å². The minimum atomic E-state index is -0.573. The number of hydrogen-bond acceptors (Lipinski definition) is 4. The monoisotopic (exact) mass is 277 g/mol. The summed E-state index contributed by atoms with van der Waals surface area (Å²) in [5.41, 5.74) is 0.437. The minimum Gasteiger partial charge on any atom is -0.497 e. The van der Waals surface area contributed by atoms with Crippen LogP contribution in [0.4, 0.5) is 0 Å². The molecule has 0 N–H and O–H groups in total. The molecule has 1 fully saturated rings. The van der Waals surface area contributed by atoms with Crippen LogP contribution in [0.1, 0.15) is 32.3 Å². The van der Waals surface area contributed by atoms with Crippen LogP contribution >= 0.6 is 0 Å². The van der Waals surface area contributed by atoms with Gasteiger partial charge in [-0.2, -0.15) is 0 Å². The van der Waals surface area contributed by atoms with Crippen LogP contribution < -0.4 is 4.74 Å². The molecule has 2 atom stereocenters. The highest BCUT2D eigenvalue weighted by Gasteiger charge is 2.48. The summed E-state index contributed by atoms with van der Waals surface area (Å²) in [6.45, 7) is 4.84. The van der Waals surface area contributed by atoms with E-state index in [0.29, 0.717) is 6.42 Å². The summed E-state index contributed by atoms with van der Waals surface area (Å²) >= 11 is 0. The highest BCUT2D eigenvalue weighted by molar-refractivity contribution is 5.70. The molecule has 1 aromatic rings. The van der Waals surface area contributed by atoms with Gasteiger partial charge in [0.05, 0.1) is 13.2 Å². The van der Waals surface area contributed by atoms with Crippen LogP contribution in [-0.2, 0) is 15.1 Å². The van der Waals surface area contributed by atoms with Gasteiger partial charge in [0.2, 0.25) is 0 Å². The van der Waals surface area contributed by atoms with E-state index in [-0.39, 0.29) is 12.0 Å². The van der Waals surface area contributed by atoms with Crippen LogP contribution in [0.2, 0.25) is 0 Å². The number of rotatable bonds is 4. The Bertz CT molecular complexity index is 488. The van der Waals surface area contributed by atoms with Crippen molar-refractivity contribution in [1.29, 1.82) is 0 Å². The Morgan fingerprint density at radius 3 is 2.80 bits per heavy atom. The smallest absolute Gasteiger partial charge is 0.306 e. The van der Waals surface area contributed by atoms with Gasteiger partial charge in [-0.05, 0) is 26.1 Å². The Hall–Kier alpha value is -1.55. The maximum Gasteiger partial charge on any atom is 0.306 e. The fraction of sp³-hybridized carbons (Fsp3) is 0.562. The van der Waals surface area contributed by atoms with E-state index in [0.717, 1.165) is 24.3 Å². The molecular formula is C16H23NO3. The first-order chi connectivity index (χ1) is 9.53. The first kappa shape index (κ1) is 14.9. The molecule has 1 aliphatic heterocycles. The molecular weight excluding hydrogens is 254 g/mol. The van der Waals surface area contributed by atoms with Gasteiger partial charge in [-0.15, -0.1) is 0 Å². The van der Waals surface area contributed by atoms with E-state index in [9.17, 15) is 4.79 Å². The van der Waals surface area contributed by atoms with Gasteiger partial charge >= 0.3 is 5.97 Å². The minimum absolute atomic E-state index is 0.144. The lowest BCUT2D eigenvalue weighted by Gasteiger charge is -2.35. The molecule has 2 unspecified atom stereocenters. The average Bonchev–Trinajstić information content (AvgIpc) is 2.76. The average molecular weight is 277 g/mol. The fourth-order valence-electron chi connectivity index (χ4n) is 2.84. The molecule has 2 rings (SSSR count). The second-order valence-corrected chi connectivity index (χ2v) is 5.36. The number of hydrogen-bond donors (Lipinski definition) is 0. The van der Waals surface area contributed by atoms with Gasteiger partial charge in [-0.25, -0.2) is 0 Å². The molecule has 1 aromatic carbocycles. The van der Waals surface area contributed by atoms with E-state index in [1.54, 1.807) is 7.11 Å². The summed E-state index contributed by atoms with van der Waals surface area (Å²) in [6, 6.07) is 7.98. The molecule has 0 aromatic heterocycles. The first-order valence-electron chi connectivity index (χ1n) is 7.10. The van der Waals surface area contributed by atoms with Gasteiger partial charge in [0.25, 0.3) is 0 Å². The van der Waals surface area contributed by atoms with E-state index < -0.39 is 5.60 Å². The van der Waals surface area contributed by atoms with Crippen molar-refractivity contribution in [3.63, 3.8) is 0 Å². The summed E-state index contributed by atoms with van der Waals surface area (Å²) < 4.78 is 11.2. The summed E-state index contributed by atoms with van der Waals surface area (Å²) in [5.74, 6) is 0.631. The quantitative estimate of drug-likeness (QED) is 0.793. The number of likely N-dealkylation sites (tertiary alicyclic amines) is 1. The molecule has 1 aliphatic rings. The van der Waals surface area contributed by atoms with E-state index >= 15 is 0 Å². The number of ether oxygens (including phenoxy) is 2. The van der Waals surface area contributed by atoms with Crippen molar-refractivity contribution < 1.29 is 14.3 Å². The lowest BCUT2D eigenvalue weighted by molar-refractivity contribution is -0.163. The van der Waals surface area contributed by atoms with Crippen molar-refractivity contribution in [1.82, 2.24) is 4.90 Å². The Labute approximate surface area is 120 Å². The standard InChI is InChI=1S/C16H23NO3/c1-5-15(18)20-16(9-10-17(3)12(16)2)13-7-6-8-14(11-13)19-4/h6-8,11-12H,5,9-10H2,1-4H3. The second kappa shape index (κ2) is 5.83. The predicted octanol–water partition coefficient (Wildman–Crippen LogP) is 2.57. The van der Waals surface area contributed by atoms with Crippen molar-refractivity contribution in [3.05, 3.63) is 29.8 Å². The first-order valence-corrected chi connectivity index (χ1v) is 7.10. The maximum absolute atomic E-state index is 11.9. The molecule has 20 heavy (non-hydrogen) atoms. The Kier molecular flexibility index (Phi) is 4.33. The van der Waals surface area contributed by atoms with Crippen LogP contribution in [0.25, 0.3) is 0 Å². The third-order valence-corrected chi connectivity index (χ3v) is 4.31. The number of methoxy groups -OCH3 is 1. The normalized spacial score (nSPS) is 26.5. The van der Waals surface area contributed by atoms with E-state index in [2.05, 4.69) is 18.9 Å². The Morgan fingerprint density at radius 2 is 2.25 bits per heavy atom. The fourth-order valence-corrected chi connectivity index (χ4v) is 2.84. The van der Waals surface area contributed by atoms with Crippen LogP contribution in [0, 0.1) is 0 Å². The molecule has 0 saturated carbocycles. The Balaban J connectivity index is 2.43. The van der Waals surface area contributed by atoms with E-state index in [1.807, 2.05) is 31.2 Å². The zero-order valence-corrected chi connectivity index (χ0v) is 12.7. The highest BCUT2D eigenvalue weighted by Crippen LogP contribution is 2.41. The SMILES string of the molecule is CCC(=O)OC1(c2cccc(OC)c2)CCN(C)C1C. The number of likely N-dealkylation sites (N-methyl/N-ethyl adjacent to an activating group) is 1. The van der Waals surface area contributed by atoms with Crippen LogP contribution in [0.3, 0.4) is 0 Å². The van der Waals surface area contributed by atoms with Gasteiger partial charge in [0.15, 0.2) is 5.60 Å². The van der Waals surface area contributed by atoms with Gasteiger partial charge in [-0.3, -0.25) is 9.69 Å². The molecule has 0 bridgehead atoms. The third-order valence-electron chi connectivity index (χ3n) is 4.31. The molecule has 0 spiro atoms. The highest BCUT2D eigenvalue weighted by atomic mass is 16.6. The summed E-state index contributed by atoms with van der Waals surface area (Å²) in [5, 5.41) is 0. The Morgan fingerprint density at radius 1 is 1.50 bits per heavy atom. The van der Waals surface area contributed by atoms with Crippen molar-refractivity contribution in [3.8, 4) is 5.75 Å². The molecule has 1 heterocycles. The molecule has 4 heteroatoms. The largest absolute Gasteiger partial charge is 0.497 e. The van der Waals surface area contributed by atoms with Crippen LogP contribution in [0.5, 0.6) is 5.75 Å². The van der Waals surface area contributed by atoms with Gasteiger partial charge in [-0.1, -0.05) is 19.1 Å². The summed E-state index contributed by atoms with van der Waals surface area (Å²) in [6.07, 6.45) is 1.20. The van der Waals surface area contributed by atoms with Crippen molar-refractivity contribution in [2.45, 2.75) is 38.3 Å². The topological polar surface area (TPSA) is 38.8 Å². The molecule has 1 saturated heterocycles.